The Bertz CT molecular complexity index is 666. The third-order valence-electron chi connectivity index (χ3n) is 3.18. The standard InChI is InChI=1S/C19H19NO3/c1-15(19(22)20-14-17-10-6-3-7-11-17)23-18(21)13-12-16-8-4-2-5-9-16/h2-13,15H,14H2,1H3,(H,20,22)/b13-12+/t15-/m0/s1. The van der Waals surface area contributed by atoms with Crippen molar-refractivity contribution in [3.8, 4) is 0 Å². The third kappa shape index (κ3) is 5.79. The number of benzene rings is 2. The molecule has 0 spiro atoms. The molecule has 0 aromatic heterocycles. The molecule has 2 aromatic rings. The van der Waals surface area contributed by atoms with Crippen LogP contribution in [0.5, 0.6) is 0 Å². The van der Waals surface area contributed by atoms with Crippen molar-refractivity contribution in [1.82, 2.24) is 5.32 Å². The lowest BCUT2D eigenvalue weighted by atomic mass is 10.2. The van der Waals surface area contributed by atoms with Gasteiger partial charge in [-0.1, -0.05) is 60.7 Å². The number of rotatable bonds is 6. The number of nitrogens with one attached hydrogen (secondary N) is 1. The van der Waals surface area contributed by atoms with Gasteiger partial charge in [0.15, 0.2) is 6.10 Å². The van der Waals surface area contributed by atoms with E-state index in [1.54, 1.807) is 13.0 Å². The van der Waals surface area contributed by atoms with Crippen LogP contribution in [0.2, 0.25) is 0 Å². The second kappa shape index (κ2) is 8.54. The Labute approximate surface area is 135 Å². The molecule has 0 aliphatic carbocycles. The summed E-state index contributed by atoms with van der Waals surface area (Å²) in [6.07, 6.45) is 2.12. The summed E-state index contributed by atoms with van der Waals surface area (Å²) in [4.78, 5) is 23.6. The van der Waals surface area contributed by atoms with Gasteiger partial charge in [-0.15, -0.1) is 0 Å². The van der Waals surface area contributed by atoms with Crippen LogP contribution < -0.4 is 5.32 Å². The number of carbonyl (C=O) groups is 2. The van der Waals surface area contributed by atoms with E-state index in [2.05, 4.69) is 5.32 Å². The zero-order chi connectivity index (χ0) is 16.5. The van der Waals surface area contributed by atoms with Gasteiger partial charge in [0.05, 0.1) is 0 Å². The highest BCUT2D eigenvalue weighted by molar-refractivity contribution is 5.90. The van der Waals surface area contributed by atoms with Gasteiger partial charge in [0.25, 0.3) is 5.91 Å². The van der Waals surface area contributed by atoms with E-state index in [1.807, 2.05) is 60.7 Å². The second-order valence-electron chi connectivity index (χ2n) is 5.03. The minimum Gasteiger partial charge on any atom is -0.449 e. The van der Waals surface area contributed by atoms with Gasteiger partial charge in [-0.3, -0.25) is 4.79 Å². The van der Waals surface area contributed by atoms with Crippen molar-refractivity contribution in [3.63, 3.8) is 0 Å². The van der Waals surface area contributed by atoms with Crippen LogP contribution in [-0.2, 0) is 20.9 Å². The highest BCUT2D eigenvalue weighted by atomic mass is 16.5. The first-order valence-corrected chi connectivity index (χ1v) is 7.40. The molecule has 0 saturated carbocycles. The molecule has 118 valence electrons. The number of hydrogen-bond donors (Lipinski definition) is 1. The van der Waals surface area contributed by atoms with E-state index in [-0.39, 0.29) is 5.91 Å². The van der Waals surface area contributed by atoms with Crippen LogP contribution in [0.25, 0.3) is 6.08 Å². The second-order valence-corrected chi connectivity index (χ2v) is 5.03. The number of hydrogen-bond acceptors (Lipinski definition) is 3. The molecule has 0 radical (unpaired) electrons. The van der Waals surface area contributed by atoms with E-state index in [0.717, 1.165) is 11.1 Å². The molecule has 1 amide bonds. The molecule has 4 nitrogen and oxygen atoms in total. The first-order chi connectivity index (χ1) is 11.1. The molecule has 4 heteroatoms. The number of carbonyl (C=O) groups excluding carboxylic acids is 2. The Balaban J connectivity index is 1.78. The fraction of sp³-hybridized carbons (Fsp3) is 0.158. The quantitative estimate of drug-likeness (QED) is 0.659. The Morgan fingerprint density at radius 2 is 1.65 bits per heavy atom. The Morgan fingerprint density at radius 1 is 1.04 bits per heavy atom. The van der Waals surface area contributed by atoms with Gasteiger partial charge in [-0.2, -0.15) is 0 Å². The predicted molar refractivity (Wildman–Crippen MR) is 89.3 cm³/mol. The number of esters is 1. The Morgan fingerprint density at radius 3 is 2.30 bits per heavy atom. The van der Waals surface area contributed by atoms with Gasteiger partial charge in [-0.05, 0) is 24.1 Å². The summed E-state index contributed by atoms with van der Waals surface area (Å²) in [5.74, 6) is -0.869. The zero-order valence-electron chi connectivity index (χ0n) is 12.9. The molecule has 1 N–H and O–H groups in total. The molecule has 2 aromatic carbocycles. The van der Waals surface area contributed by atoms with Gasteiger partial charge < -0.3 is 10.1 Å². The lowest BCUT2D eigenvalue weighted by molar-refractivity contribution is -0.150. The molecule has 0 aliphatic rings. The van der Waals surface area contributed by atoms with Gasteiger partial charge in [0.1, 0.15) is 0 Å². The van der Waals surface area contributed by atoms with E-state index in [4.69, 9.17) is 4.74 Å². The van der Waals surface area contributed by atoms with Gasteiger partial charge in [0.2, 0.25) is 0 Å². The van der Waals surface area contributed by atoms with Crippen molar-refractivity contribution >= 4 is 18.0 Å². The highest BCUT2D eigenvalue weighted by Gasteiger charge is 2.15. The Hall–Kier alpha value is -2.88. The lowest BCUT2D eigenvalue weighted by Crippen LogP contribution is -2.35. The average Bonchev–Trinajstić information content (AvgIpc) is 2.59. The molecule has 0 fully saturated rings. The highest BCUT2D eigenvalue weighted by Crippen LogP contribution is 2.03. The largest absolute Gasteiger partial charge is 0.449 e. The molecular formula is C19H19NO3. The maximum atomic E-state index is 11.9. The van der Waals surface area contributed by atoms with Crippen molar-refractivity contribution in [1.29, 1.82) is 0 Å². The van der Waals surface area contributed by atoms with Crippen LogP contribution >= 0.6 is 0 Å². The van der Waals surface area contributed by atoms with Crippen molar-refractivity contribution < 1.29 is 14.3 Å². The van der Waals surface area contributed by atoms with E-state index in [1.165, 1.54) is 6.08 Å². The minimum absolute atomic E-state index is 0.324. The summed E-state index contributed by atoms with van der Waals surface area (Å²) in [7, 11) is 0. The molecule has 23 heavy (non-hydrogen) atoms. The summed E-state index contributed by atoms with van der Waals surface area (Å²) < 4.78 is 5.08. The average molecular weight is 309 g/mol. The van der Waals surface area contributed by atoms with Crippen LogP contribution in [-0.4, -0.2) is 18.0 Å². The monoisotopic (exact) mass is 309 g/mol. The van der Waals surface area contributed by atoms with Gasteiger partial charge in [-0.25, -0.2) is 4.79 Å². The molecular weight excluding hydrogens is 290 g/mol. The van der Waals surface area contributed by atoms with E-state index in [9.17, 15) is 9.59 Å². The lowest BCUT2D eigenvalue weighted by Gasteiger charge is -2.12. The number of amides is 1. The topological polar surface area (TPSA) is 55.4 Å². The third-order valence-corrected chi connectivity index (χ3v) is 3.18. The maximum Gasteiger partial charge on any atom is 0.331 e. The molecule has 1 atom stereocenters. The molecule has 0 heterocycles. The summed E-state index contributed by atoms with van der Waals surface area (Å²) in [6.45, 7) is 1.95. The molecule has 0 aliphatic heterocycles. The SMILES string of the molecule is C[C@H](OC(=O)/C=C/c1ccccc1)C(=O)NCc1ccccc1. The maximum absolute atomic E-state index is 11.9. The predicted octanol–water partition coefficient (Wildman–Crippen LogP) is 2.95. The molecule has 0 bridgehead atoms. The number of ether oxygens (including phenoxy) is 1. The van der Waals surface area contributed by atoms with Crippen LogP contribution in [0.15, 0.2) is 66.7 Å². The Kier molecular flexibility index (Phi) is 6.12. The summed E-state index contributed by atoms with van der Waals surface area (Å²) in [5, 5.41) is 2.74. The van der Waals surface area contributed by atoms with Crippen molar-refractivity contribution in [2.75, 3.05) is 0 Å². The van der Waals surface area contributed by atoms with Crippen LogP contribution in [0.3, 0.4) is 0 Å². The normalized spacial score (nSPS) is 11.9. The molecule has 2 rings (SSSR count). The van der Waals surface area contributed by atoms with Crippen LogP contribution in [0, 0.1) is 0 Å². The van der Waals surface area contributed by atoms with Crippen molar-refractivity contribution in [2.45, 2.75) is 19.6 Å². The molecule has 0 unspecified atom stereocenters. The van der Waals surface area contributed by atoms with Crippen LogP contribution in [0.1, 0.15) is 18.1 Å². The minimum atomic E-state index is -0.841. The summed E-state index contributed by atoms with van der Waals surface area (Å²) in [6, 6.07) is 19.0. The van der Waals surface area contributed by atoms with E-state index < -0.39 is 12.1 Å². The molecule has 0 saturated heterocycles. The van der Waals surface area contributed by atoms with Gasteiger partial charge >= 0.3 is 5.97 Å². The van der Waals surface area contributed by atoms with Crippen molar-refractivity contribution in [3.05, 3.63) is 77.9 Å². The van der Waals surface area contributed by atoms with Crippen molar-refractivity contribution in [2.24, 2.45) is 0 Å². The zero-order valence-corrected chi connectivity index (χ0v) is 12.9. The summed E-state index contributed by atoms with van der Waals surface area (Å²) >= 11 is 0. The van der Waals surface area contributed by atoms with Gasteiger partial charge in [0, 0.05) is 12.6 Å². The van der Waals surface area contributed by atoms with E-state index in [0.29, 0.717) is 6.54 Å². The fourth-order valence-corrected chi connectivity index (χ4v) is 1.92. The smallest absolute Gasteiger partial charge is 0.331 e. The van der Waals surface area contributed by atoms with Crippen LogP contribution in [0.4, 0.5) is 0 Å². The summed E-state index contributed by atoms with van der Waals surface area (Å²) in [5.41, 5.74) is 1.88. The van der Waals surface area contributed by atoms with E-state index >= 15 is 0 Å². The first kappa shape index (κ1) is 16.5. The first-order valence-electron chi connectivity index (χ1n) is 7.40. The fourth-order valence-electron chi connectivity index (χ4n) is 1.92.